The van der Waals surface area contributed by atoms with E-state index in [0.717, 1.165) is 28.4 Å². The normalized spacial score (nSPS) is 17.2. The van der Waals surface area contributed by atoms with Crippen LogP contribution in [0.2, 0.25) is 0 Å². The predicted octanol–water partition coefficient (Wildman–Crippen LogP) is 6.02. The van der Waals surface area contributed by atoms with Crippen molar-refractivity contribution in [2.75, 3.05) is 13.1 Å². The number of rotatable bonds is 13. The number of benzene rings is 3. The lowest BCUT2D eigenvalue weighted by atomic mass is 9.78. The van der Waals surface area contributed by atoms with Gasteiger partial charge >= 0.3 is 11.9 Å². The second kappa shape index (κ2) is 15.5. The minimum absolute atomic E-state index is 0.0332. The number of carboxylic acids is 2. The van der Waals surface area contributed by atoms with Crippen molar-refractivity contribution in [2.24, 2.45) is 11.8 Å². The van der Waals surface area contributed by atoms with E-state index in [9.17, 15) is 29.4 Å². The molecule has 8 nitrogen and oxygen atoms in total. The molecule has 3 atom stereocenters. The van der Waals surface area contributed by atoms with Crippen LogP contribution in [0, 0.1) is 11.8 Å². The van der Waals surface area contributed by atoms with Crippen LogP contribution in [0.5, 0.6) is 0 Å². The van der Waals surface area contributed by atoms with Gasteiger partial charge in [-0.3, -0.25) is 19.2 Å². The Bertz CT molecular complexity index is 1340. The zero-order valence-electron chi connectivity index (χ0n) is 23.9. The lowest BCUT2D eigenvalue weighted by Crippen LogP contribution is -2.47. The third-order valence-corrected chi connectivity index (χ3v) is 8.68. The Kier molecular flexibility index (Phi) is 11.5. The molecular weight excluding hydrogens is 612 g/mol. The topological polar surface area (TPSA) is 124 Å². The van der Waals surface area contributed by atoms with Crippen molar-refractivity contribution in [3.05, 3.63) is 106 Å². The minimum atomic E-state index is -1.10. The fourth-order valence-electron chi connectivity index (χ4n) is 5.86. The van der Waals surface area contributed by atoms with Gasteiger partial charge in [0.05, 0.1) is 18.3 Å². The van der Waals surface area contributed by atoms with Gasteiger partial charge in [0.15, 0.2) is 0 Å². The minimum Gasteiger partial charge on any atom is -0.481 e. The molecule has 2 amide bonds. The molecule has 9 heteroatoms. The highest BCUT2D eigenvalue weighted by Gasteiger charge is 2.38. The molecule has 0 heterocycles. The van der Waals surface area contributed by atoms with Crippen LogP contribution in [0.1, 0.15) is 67.2 Å². The van der Waals surface area contributed by atoms with Crippen LogP contribution >= 0.6 is 15.9 Å². The molecule has 1 fully saturated rings. The Balaban J connectivity index is 1.63. The van der Waals surface area contributed by atoms with Crippen molar-refractivity contribution in [3.8, 4) is 0 Å². The molecule has 1 saturated carbocycles. The maximum absolute atomic E-state index is 14.3. The van der Waals surface area contributed by atoms with Crippen molar-refractivity contribution in [3.63, 3.8) is 0 Å². The quantitative estimate of drug-likeness (QED) is 0.208. The molecule has 1 unspecified atom stereocenters. The number of carbonyl (C=O) groups excluding carboxylic acids is 2. The number of carboxylic acid groups (broad SMARTS) is 2. The Morgan fingerprint density at radius 2 is 1.33 bits per heavy atom. The molecule has 3 N–H and O–H groups in total. The number of nitrogens with zero attached hydrogens (tertiary/aromatic N) is 1. The summed E-state index contributed by atoms with van der Waals surface area (Å²) in [4.78, 5) is 52.8. The van der Waals surface area contributed by atoms with Gasteiger partial charge in [-0.2, -0.15) is 0 Å². The molecule has 0 saturated heterocycles. The molecule has 3 aromatic rings. The van der Waals surface area contributed by atoms with E-state index in [1.165, 1.54) is 4.90 Å². The van der Waals surface area contributed by atoms with Crippen LogP contribution in [0.4, 0.5) is 0 Å². The van der Waals surface area contributed by atoms with Gasteiger partial charge in [-0.25, -0.2) is 0 Å². The Morgan fingerprint density at radius 1 is 0.767 bits per heavy atom. The first-order chi connectivity index (χ1) is 20.7. The number of halogens is 1. The fraction of sp³-hybridized carbons (Fsp3) is 0.353. The van der Waals surface area contributed by atoms with Crippen LogP contribution in [-0.2, 0) is 19.2 Å². The summed E-state index contributed by atoms with van der Waals surface area (Å²) in [5, 5.41) is 22.1. The van der Waals surface area contributed by atoms with Gasteiger partial charge in [-0.1, -0.05) is 102 Å². The van der Waals surface area contributed by atoms with Crippen LogP contribution in [-0.4, -0.2) is 52.0 Å². The molecule has 0 spiro atoms. The fourth-order valence-corrected chi connectivity index (χ4v) is 6.12. The van der Waals surface area contributed by atoms with Crippen molar-refractivity contribution in [2.45, 2.75) is 50.5 Å². The number of carbonyl (C=O) groups is 4. The van der Waals surface area contributed by atoms with Crippen molar-refractivity contribution < 1.29 is 29.4 Å². The molecule has 4 rings (SSSR count). The van der Waals surface area contributed by atoms with Crippen molar-refractivity contribution >= 4 is 39.7 Å². The van der Waals surface area contributed by atoms with E-state index in [1.54, 1.807) is 24.3 Å². The molecule has 0 bridgehead atoms. The van der Waals surface area contributed by atoms with Crippen LogP contribution < -0.4 is 5.32 Å². The summed E-state index contributed by atoms with van der Waals surface area (Å²) >= 11 is 3.41. The van der Waals surface area contributed by atoms with E-state index < -0.39 is 41.6 Å². The standard InChI is InChI=1S/C34H37BrN2O6/c35-26-17-15-25(16-18-26)31(36-32(40)28-13-7-8-14-29(28)34(42)43)33(41)37(22-20-30(38)39)21-19-27(23-9-3-1-4-10-23)24-11-5-2-6-12-24/h1-6,9-12,15-18,27-29,31H,7-8,13-14,19-22H2,(H,36,40)(H,38,39)(H,42,43)/t28-,29-,31?/m1/s1. The second-order valence-electron chi connectivity index (χ2n) is 11.0. The summed E-state index contributed by atoms with van der Waals surface area (Å²) in [6.45, 7) is 0.221. The first-order valence-electron chi connectivity index (χ1n) is 14.6. The highest BCUT2D eigenvalue weighted by atomic mass is 79.9. The van der Waals surface area contributed by atoms with Crippen LogP contribution in [0.15, 0.2) is 89.4 Å². The first-order valence-corrected chi connectivity index (χ1v) is 15.4. The van der Waals surface area contributed by atoms with Gasteiger partial charge in [0.25, 0.3) is 0 Å². The van der Waals surface area contributed by atoms with Crippen molar-refractivity contribution in [1.29, 1.82) is 0 Å². The van der Waals surface area contributed by atoms with Gasteiger partial charge < -0.3 is 20.4 Å². The average Bonchev–Trinajstić information content (AvgIpc) is 3.02. The van der Waals surface area contributed by atoms with Gasteiger partial charge in [-0.05, 0) is 48.1 Å². The monoisotopic (exact) mass is 648 g/mol. The van der Waals surface area contributed by atoms with Gasteiger partial charge in [-0.15, -0.1) is 0 Å². The molecule has 3 aromatic carbocycles. The summed E-state index contributed by atoms with van der Waals surface area (Å²) < 4.78 is 0.795. The molecule has 0 radical (unpaired) electrons. The number of aliphatic carboxylic acids is 2. The SMILES string of the molecule is O=C(O)CCN(CCC(c1ccccc1)c1ccccc1)C(=O)C(NC(=O)[C@@H]1CCCC[C@H]1C(=O)O)c1ccc(Br)cc1. The largest absolute Gasteiger partial charge is 0.481 e. The van der Waals surface area contributed by atoms with Gasteiger partial charge in [0.1, 0.15) is 6.04 Å². The van der Waals surface area contributed by atoms with E-state index in [2.05, 4.69) is 21.2 Å². The smallest absolute Gasteiger partial charge is 0.307 e. The first kappa shape index (κ1) is 31.9. The summed E-state index contributed by atoms with van der Waals surface area (Å²) in [5.74, 6) is -4.54. The molecule has 1 aliphatic carbocycles. The Morgan fingerprint density at radius 3 is 1.86 bits per heavy atom. The average molecular weight is 650 g/mol. The number of hydrogen-bond donors (Lipinski definition) is 3. The lowest BCUT2D eigenvalue weighted by molar-refractivity contribution is -0.149. The molecule has 43 heavy (non-hydrogen) atoms. The molecule has 1 aliphatic rings. The number of hydrogen-bond acceptors (Lipinski definition) is 4. The number of nitrogens with one attached hydrogen (secondary N) is 1. The van der Waals surface area contributed by atoms with Crippen LogP contribution in [0.3, 0.4) is 0 Å². The molecular formula is C34H37BrN2O6. The van der Waals surface area contributed by atoms with Gasteiger partial charge in [0, 0.05) is 23.5 Å². The highest BCUT2D eigenvalue weighted by Crippen LogP contribution is 2.32. The van der Waals surface area contributed by atoms with E-state index in [-0.39, 0.29) is 25.4 Å². The Labute approximate surface area is 260 Å². The van der Waals surface area contributed by atoms with Gasteiger partial charge in [0.2, 0.25) is 11.8 Å². The summed E-state index contributed by atoms with van der Waals surface area (Å²) in [6.07, 6.45) is 2.60. The highest BCUT2D eigenvalue weighted by molar-refractivity contribution is 9.10. The zero-order chi connectivity index (χ0) is 30.8. The molecule has 0 aliphatic heterocycles. The lowest BCUT2D eigenvalue weighted by Gasteiger charge is -2.32. The summed E-state index contributed by atoms with van der Waals surface area (Å²) in [5.41, 5.74) is 2.69. The number of amides is 2. The second-order valence-corrected chi connectivity index (χ2v) is 11.9. The van der Waals surface area contributed by atoms with E-state index in [0.29, 0.717) is 24.8 Å². The molecule has 0 aromatic heterocycles. The predicted molar refractivity (Wildman–Crippen MR) is 166 cm³/mol. The van der Waals surface area contributed by atoms with E-state index >= 15 is 0 Å². The third kappa shape index (κ3) is 8.76. The maximum atomic E-state index is 14.3. The Hall–Kier alpha value is -3.98. The maximum Gasteiger partial charge on any atom is 0.307 e. The summed E-state index contributed by atoms with van der Waals surface area (Å²) in [6, 6.07) is 25.8. The third-order valence-electron chi connectivity index (χ3n) is 8.16. The van der Waals surface area contributed by atoms with Crippen molar-refractivity contribution in [1.82, 2.24) is 10.2 Å². The molecule has 226 valence electrons. The summed E-state index contributed by atoms with van der Waals surface area (Å²) in [7, 11) is 0. The van der Waals surface area contributed by atoms with Crippen LogP contribution in [0.25, 0.3) is 0 Å². The zero-order valence-corrected chi connectivity index (χ0v) is 25.5. The van der Waals surface area contributed by atoms with E-state index in [1.807, 2.05) is 60.7 Å². The van der Waals surface area contributed by atoms with E-state index in [4.69, 9.17) is 0 Å².